The molecule has 1 aromatic heterocycles. The van der Waals surface area contributed by atoms with E-state index in [0.29, 0.717) is 23.2 Å². The van der Waals surface area contributed by atoms with Crippen LogP contribution in [0.25, 0.3) is 0 Å². The van der Waals surface area contributed by atoms with Gasteiger partial charge in [-0.15, -0.1) is 11.3 Å². The quantitative estimate of drug-likeness (QED) is 0.862. The van der Waals surface area contributed by atoms with Gasteiger partial charge in [0.2, 0.25) is 0 Å². The van der Waals surface area contributed by atoms with Crippen molar-refractivity contribution in [2.45, 2.75) is 25.8 Å². The van der Waals surface area contributed by atoms with Crippen LogP contribution in [0.3, 0.4) is 0 Å². The lowest BCUT2D eigenvalue weighted by Gasteiger charge is -2.35. The first-order valence-electron chi connectivity index (χ1n) is 7.00. The molecule has 1 fully saturated rings. The number of nitrogens with two attached hydrogens (primary N) is 1. The zero-order chi connectivity index (χ0) is 14.7. The number of carbonyl (C=O) groups is 1. The summed E-state index contributed by atoms with van der Waals surface area (Å²) in [6.45, 7) is 4.19. The van der Waals surface area contributed by atoms with Crippen LogP contribution in [-0.2, 0) is 4.74 Å². The molecule has 0 atom stereocenters. The Morgan fingerprint density at radius 1 is 1.50 bits per heavy atom. The van der Waals surface area contributed by atoms with E-state index in [0.717, 1.165) is 30.9 Å². The number of hydrogen-bond donors (Lipinski definition) is 1. The van der Waals surface area contributed by atoms with Crippen molar-refractivity contribution < 1.29 is 9.53 Å². The lowest BCUT2D eigenvalue weighted by atomic mass is 10.0. The molecule has 5 nitrogen and oxygen atoms in total. The zero-order valence-electron chi connectivity index (χ0n) is 12.4. The third-order valence-corrected chi connectivity index (χ3v) is 4.91. The lowest BCUT2D eigenvalue weighted by Crippen LogP contribution is -2.41. The summed E-state index contributed by atoms with van der Waals surface area (Å²) in [7, 11) is 4.25. The number of ether oxygens (including phenoxy) is 1. The Balaban J connectivity index is 2.04. The van der Waals surface area contributed by atoms with Crippen molar-refractivity contribution in [3.05, 3.63) is 10.9 Å². The second kappa shape index (κ2) is 6.45. The van der Waals surface area contributed by atoms with Gasteiger partial charge in [0.1, 0.15) is 4.88 Å². The lowest BCUT2D eigenvalue weighted by molar-refractivity contribution is 0.0533. The van der Waals surface area contributed by atoms with Crippen molar-refractivity contribution in [2.24, 2.45) is 0 Å². The van der Waals surface area contributed by atoms with Crippen molar-refractivity contribution in [2.75, 3.05) is 44.4 Å². The van der Waals surface area contributed by atoms with E-state index >= 15 is 0 Å². The smallest absolute Gasteiger partial charge is 0.350 e. The topological polar surface area (TPSA) is 58.8 Å². The SMILES string of the molecule is CCOC(=O)c1sc(N2CCC(N(C)C)CC2)cc1N. The molecule has 20 heavy (non-hydrogen) atoms. The first-order valence-corrected chi connectivity index (χ1v) is 7.82. The highest BCUT2D eigenvalue weighted by Crippen LogP contribution is 2.34. The van der Waals surface area contributed by atoms with Crippen molar-refractivity contribution in [1.29, 1.82) is 0 Å². The number of rotatable bonds is 4. The second-order valence-electron chi connectivity index (χ2n) is 5.27. The number of thiophene rings is 1. The molecular formula is C14H23N3O2S. The molecule has 2 heterocycles. The predicted molar refractivity (Wildman–Crippen MR) is 83.6 cm³/mol. The molecule has 1 aromatic rings. The van der Waals surface area contributed by atoms with Crippen LogP contribution in [0, 0.1) is 0 Å². The van der Waals surface area contributed by atoms with Crippen LogP contribution in [0.2, 0.25) is 0 Å². The molecular weight excluding hydrogens is 274 g/mol. The van der Waals surface area contributed by atoms with E-state index in [1.807, 2.05) is 6.07 Å². The van der Waals surface area contributed by atoms with Gasteiger partial charge in [-0.3, -0.25) is 0 Å². The minimum atomic E-state index is -0.315. The van der Waals surface area contributed by atoms with Crippen LogP contribution in [0.5, 0.6) is 0 Å². The molecule has 0 radical (unpaired) electrons. The Labute approximate surface area is 124 Å². The number of esters is 1. The van der Waals surface area contributed by atoms with E-state index in [1.165, 1.54) is 11.3 Å². The van der Waals surface area contributed by atoms with Gasteiger partial charge < -0.3 is 20.3 Å². The molecule has 0 unspecified atom stereocenters. The summed E-state index contributed by atoms with van der Waals surface area (Å²) < 4.78 is 5.02. The number of nitrogens with zero attached hydrogens (tertiary/aromatic N) is 2. The Hall–Kier alpha value is -1.27. The monoisotopic (exact) mass is 297 g/mol. The largest absolute Gasteiger partial charge is 0.462 e. The zero-order valence-corrected chi connectivity index (χ0v) is 13.2. The summed E-state index contributed by atoms with van der Waals surface area (Å²) >= 11 is 1.44. The van der Waals surface area contributed by atoms with Crippen molar-refractivity contribution >= 4 is 28.0 Å². The van der Waals surface area contributed by atoms with Crippen molar-refractivity contribution in [1.82, 2.24) is 4.90 Å². The van der Waals surface area contributed by atoms with Crippen LogP contribution in [0.15, 0.2) is 6.07 Å². The van der Waals surface area contributed by atoms with Gasteiger partial charge >= 0.3 is 5.97 Å². The standard InChI is InChI=1S/C14H23N3O2S/c1-4-19-14(18)13-11(15)9-12(20-13)17-7-5-10(6-8-17)16(2)3/h9-10H,4-8,15H2,1-3H3. The summed E-state index contributed by atoms with van der Waals surface area (Å²) in [5, 5.41) is 1.07. The Morgan fingerprint density at radius 2 is 2.15 bits per heavy atom. The third kappa shape index (κ3) is 3.24. The summed E-state index contributed by atoms with van der Waals surface area (Å²) in [5.41, 5.74) is 6.46. The van der Waals surface area contributed by atoms with Crippen LogP contribution in [0.1, 0.15) is 29.4 Å². The highest BCUT2D eigenvalue weighted by molar-refractivity contribution is 7.18. The molecule has 1 aliphatic rings. The van der Waals surface area contributed by atoms with Gasteiger partial charge in [-0.2, -0.15) is 0 Å². The van der Waals surface area contributed by atoms with Crippen LogP contribution >= 0.6 is 11.3 Å². The minimum Gasteiger partial charge on any atom is -0.462 e. The van der Waals surface area contributed by atoms with E-state index in [9.17, 15) is 4.79 Å². The molecule has 2 N–H and O–H groups in total. The van der Waals surface area contributed by atoms with E-state index in [2.05, 4.69) is 23.9 Å². The maximum Gasteiger partial charge on any atom is 0.350 e. The highest BCUT2D eigenvalue weighted by atomic mass is 32.1. The Morgan fingerprint density at radius 3 is 2.70 bits per heavy atom. The maximum atomic E-state index is 11.8. The molecule has 0 amide bonds. The fourth-order valence-electron chi connectivity index (χ4n) is 2.51. The van der Waals surface area contributed by atoms with Crippen LogP contribution < -0.4 is 10.6 Å². The molecule has 1 saturated heterocycles. The summed E-state index contributed by atoms with van der Waals surface area (Å²) in [6.07, 6.45) is 2.28. The first kappa shape index (κ1) is 15.1. The fraction of sp³-hybridized carbons (Fsp3) is 0.643. The van der Waals surface area contributed by atoms with E-state index < -0.39 is 0 Å². The van der Waals surface area contributed by atoms with Gasteiger partial charge in [-0.25, -0.2) is 4.79 Å². The number of anilines is 2. The van der Waals surface area contributed by atoms with Crippen molar-refractivity contribution in [3.63, 3.8) is 0 Å². The van der Waals surface area contributed by atoms with Gasteiger partial charge in [0.15, 0.2) is 0 Å². The predicted octanol–water partition coefficient (Wildman–Crippen LogP) is 2.04. The molecule has 0 aliphatic carbocycles. The fourth-order valence-corrected chi connectivity index (χ4v) is 3.53. The Bertz CT molecular complexity index is 465. The van der Waals surface area contributed by atoms with Gasteiger partial charge in [0.05, 0.1) is 17.3 Å². The third-order valence-electron chi connectivity index (χ3n) is 3.72. The molecule has 0 aromatic carbocycles. The van der Waals surface area contributed by atoms with E-state index in [1.54, 1.807) is 6.92 Å². The molecule has 0 bridgehead atoms. The average molecular weight is 297 g/mol. The summed E-state index contributed by atoms with van der Waals surface area (Å²) in [5.74, 6) is -0.315. The van der Waals surface area contributed by atoms with Gasteiger partial charge in [-0.1, -0.05) is 0 Å². The second-order valence-corrected chi connectivity index (χ2v) is 6.30. The van der Waals surface area contributed by atoms with E-state index in [4.69, 9.17) is 10.5 Å². The normalized spacial score (nSPS) is 16.7. The minimum absolute atomic E-state index is 0.315. The van der Waals surface area contributed by atoms with Gasteiger partial charge in [-0.05, 0) is 39.9 Å². The molecule has 0 saturated carbocycles. The molecule has 112 valence electrons. The van der Waals surface area contributed by atoms with Gasteiger partial charge in [0, 0.05) is 19.1 Å². The number of nitrogen functional groups attached to an aromatic ring is 1. The highest BCUT2D eigenvalue weighted by Gasteiger charge is 2.24. The number of piperidine rings is 1. The maximum absolute atomic E-state index is 11.8. The Kier molecular flexibility index (Phi) is 4.88. The van der Waals surface area contributed by atoms with Crippen molar-refractivity contribution in [3.8, 4) is 0 Å². The summed E-state index contributed by atoms with van der Waals surface area (Å²) in [4.78, 5) is 16.9. The van der Waals surface area contributed by atoms with E-state index in [-0.39, 0.29) is 5.97 Å². The number of hydrogen-bond acceptors (Lipinski definition) is 6. The molecule has 2 rings (SSSR count). The van der Waals surface area contributed by atoms with Gasteiger partial charge in [0.25, 0.3) is 0 Å². The average Bonchev–Trinajstić information content (AvgIpc) is 2.81. The first-order chi connectivity index (χ1) is 9.52. The molecule has 0 spiro atoms. The number of carbonyl (C=O) groups excluding carboxylic acids is 1. The van der Waals surface area contributed by atoms with Crippen LogP contribution in [0.4, 0.5) is 10.7 Å². The summed E-state index contributed by atoms with van der Waals surface area (Å²) in [6, 6.07) is 2.54. The molecule has 6 heteroatoms. The van der Waals surface area contributed by atoms with Crippen LogP contribution in [-0.4, -0.2) is 50.7 Å². The molecule has 1 aliphatic heterocycles.